The van der Waals surface area contributed by atoms with Crippen LogP contribution in [0.25, 0.3) is 0 Å². The Bertz CT molecular complexity index is 125. The third-order valence-electron chi connectivity index (χ3n) is 1.66. The van der Waals surface area contributed by atoms with Gasteiger partial charge in [0.2, 0.25) is 0 Å². The Morgan fingerprint density at radius 1 is 1.31 bits per heavy atom. The minimum absolute atomic E-state index is 0.0853. The zero-order chi connectivity index (χ0) is 10.3. The van der Waals surface area contributed by atoms with Crippen LogP contribution >= 0.6 is 0 Å². The second-order valence-electron chi connectivity index (χ2n) is 2.85. The van der Waals surface area contributed by atoms with Gasteiger partial charge in [-0.1, -0.05) is 0 Å². The topological polar surface area (TPSA) is 73.9 Å². The van der Waals surface area contributed by atoms with Crippen molar-refractivity contribution in [2.75, 3.05) is 34.0 Å². The Hall–Kier alpha value is -0.200. The molecular formula is C8H19NO4. The van der Waals surface area contributed by atoms with Crippen molar-refractivity contribution in [1.29, 1.82) is 0 Å². The van der Waals surface area contributed by atoms with Crippen LogP contribution in [0.1, 0.15) is 6.92 Å². The van der Waals surface area contributed by atoms with E-state index in [2.05, 4.69) is 0 Å². The molecule has 5 nitrogen and oxygen atoms in total. The van der Waals surface area contributed by atoms with E-state index in [1.54, 1.807) is 6.92 Å². The number of hydrogen-bond donors (Lipinski definition) is 2. The first-order valence-corrected chi connectivity index (χ1v) is 4.18. The highest BCUT2D eigenvalue weighted by molar-refractivity contribution is 4.83. The summed E-state index contributed by atoms with van der Waals surface area (Å²) >= 11 is 0. The number of rotatable bonds is 7. The van der Waals surface area contributed by atoms with Gasteiger partial charge >= 0.3 is 0 Å². The molecule has 0 aliphatic heterocycles. The van der Waals surface area contributed by atoms with Gasteiger partial charge in [0.1, 0.15) is 11.8 Å². The van der Waals surface area contributed by atoms with E-state index >= 15 is 0 Å². The number of hydrogen-bond acceptors (Lipinski definition) is 5. The summed E-state index contributed by atoms with van der Waals surface area (Å²) in [4.78, 5) is 0. The minimum atomic E-state index is -1.28. The van der Waals surface area contributed by atoms with Gasteiger partial charge in [0.25, 0.3) is 0 Å². The average Bonchev–Trinajstić information content (AvgIpc) is 2.05. The van der Waals surface area contributed by atoms with Gasteiger partial charge in [-0.3, -0.25) is 0 Å². The number of ether oxygens (including phenoxy) is 3. The largest absolute Gasteiger partial charge is 0.381 e. The van der Waals surface area contributed by atoms with E-state index in [1.807, 2.05) is 0 Å². The maximum absolute atomic E-state index is 9.91. The molecule has 0 radical (unpaired) electrons. The fourth-order valence-electron chi connectivity index (χ4n) is 1.04. The highest BCUT2D eigenvalue weighted by Crippen LogP contribution is 2.11. The van der Waals surface area contributed by atoms with Crippen LogP contribution in [-0.4, -0.2) is 51.0 Å². The van der Waals surface area contributed by atoms with Gasteiger partial charge in [0.15, 0.2) is 0 Å². The summed E-state index contributed by atoms with van der Waals surface area (Å²) < 4.78 is 14.8. The van der Waals surface area contributed by atoms with Gasteiger partial charge in [-0.25, -0.2) is 0 Å². The number of aliphatic hydroxyl groups is 1. The molecule has 0 aromatic carbocycles. The molecule has 0 aliphatic carbocycles. The van der Waals surface area contributed by atoms with E-state index in [1.165, 1.54) is 14.2 Å². The molecule has 1 unspecified atom stereocenters. The quantitative estimate of drug-likeness (QED) is 0.525. The van der Waals surface area contributed by atoms with Crippen LogP contribution in [0.5, 0.6) is 0 Å². The predicted molar refractivity (Wildman–Crippen MR) is 48.3 cm³/mol. The lowest BCUT2D eigenvalue weighted by atomic mass is 10.1. The molecule has 13 heavy (non-hydrogen) atoms. The van der Waals surface area contributed by atoms with Gasteiger partial charge in [-0.2, -0.15) is 0 Å². The standard InChI is InChI=1S/C8H19NO4/c1-4-13-7(9)8(10,5-11-2)6-12-3/h7,10H,4-6,9H2,1-3H3. The first-order chi connectivity index (χ1) is 6.10. The Labute approximate surface area is 78.8 Å². The van der Waals surface area contributed by atoms with Gasteiger partial charge in [0.05, 0.1) is 13.2 Å². The molecule has 0 saturated heterocycles. The van der Waals surface area contributed by atoms with E-state index in [0.717, 1.165) is 0 Å². The van der Waals surface area contributed by atoms with Crippen molar-refractivity contribution in [3.63, 3.8) is 0 Å². The van der Waals surface area contributed by atoms with Crippen LogP contribution in [0, 0.1) is 0 Å². The van der Waals surface area contributed by atoms with Gasteiger partial charge in [-0.15, -0.1) is 0 Å². The van der Waals surface area contributed by atoms with Crippen molar-refractivity contribution < 1.29 is 19.3 Å². The SMILES string of the molecule is CCOC(N)C(O)(COC)COC. The summed E-state index contributed by atoms with van der Waals surface area (Å²) in [6, 6.07) is 0. The molecule has 0 aromatic rings. The summed E-state index contributed by atoms with van der Waals surface area (Å²) in [6.45, 7) is 2.42. The highest BCUT2D eigenvalue weighted by Gasteiger charge is 2.35. The van der Waals surface area contributed by atoms with Gasteiger partial charge in [-0.05, 0) is 6.92 Å². The molecule has 0 aromatic heterocycles. The van der Waals surface area contributed by atoms with Crippen LogP contribution in [0.4, 0.5) is 0 Å². The Morgan fingerprint density at radius 2 is 1.77 bits per heavy atom. The highest BCUT2D eigenvalue weighted by atomic mass is 16.5. The van der Waals surface area contributed by atoms with E-state index in [9.17, 15) is 5.11 Å². The number of methoxy groups -OCH3 is 2. The van der Waals surface area contributed by atoms with Crippen LogP contribution in [0.2, 0.25) is 0 Å². The third-order valence-corrected chi connectivity index (χ3v) is 1.66. The second kappa shape index (κ2) is 6.28. The molecule has 0 saturated carbocycles. The minimum Gasteiger partial charge on any atom is -0.381 e. The maximum atomic E-state index is 9.91. The fourth-order valence-corrected chi connectivity index (χ4v) is 1.04. The van der Waals surface area contributed by atoms with Crippen molar-refractivity contribution in [1.82, 2.24) is 0 Å². The van der Waals surface area contributed by atoms with E-state index < -0.39 is 11.8 Å². The van der Waals surface area contributed by atoms with E-state index in [-0.39, 0.29) is 13.2 Å². The summed E-state index contributed by atoms with van der Waals surface area (Å²) in [7, 11) is 2.97. The Balaban J connectivity index is 4.18. The fraction of sp³-hybridized carbons (Fsp3) is 1.00. The Kier molecular flexibility index (Phi) is 6.19. The predicted octanol–water partition coefficient (Wildman–Crippen LogP) is -0.668. The summed E-state index contributed by atoms with van der Waals surface area (Å²) in [6.07, 6.45) is -0.794. The van der Waals surface area contributed by atoms with E-state index in [0.29, 0.717) is 6.61 Å². The monoisotopic (exact) mass is 193 g/mol. The van der Waals surface area contributed by atoms with Gasteiger partial charge < -0.3 is 25.1 Å². The molecule has 0 spiro atoms. The lowest BCUT2D eigenvalue weighted by molar-refractivity contribution is -0.159. The van der Waals surface area contributed by atoms with Crippen molar-refractivity contribution in [3.8, 4) is 0 Å². The van der Waals surface area contributed by atoms with Crippen LogP contribution in [0.15, 0.2) is 0 Å². The van der Waals surface area contributed by atoms with Crippen molar-refractivity contribution >= 4 is 0 Å². The van der Waals surface area contributed by atoms with Crippen LogP contribution in [-0.2, 0) is 14.2 Å². The van der Waals surface area contributed by atoms with Crippen LogP contribution < -0.4 is 5.73 Å². The second-order valence-corrected chi connectivity index (χ2v) is 2.85. The summed E-state index contributed by atoms with van der Waals surface area (Å²) in [5.74, 6) is 0. The summed E-state index contributed by atoms with van der Waals surface area (Å²) in [5.41, 5.74) is 4.32. The van der Waals surface area contributed by atoms with Crippen LogP contribution in [0.3, 0.4) is 0 Å². The smallest absolute Gasteiger partial charge is 0.150 e. The molecule has 0 fully saturated rings. The first kappa shape index (κ1) is 12.8. The normalized spacial score (nSPS) is 14.5. The Morgan fingerprint density at radius 3 is 2.08 bits per heavy atom. The van der Waals surface area contributed by atoms with Gasteiger partial charge in [0, 0.05) is 20.8 Å². The van der Waals surface area contributed by atoms with Crippen molar-refractivity contribution in [2.24, 2.45) is 5.73 Å². The summed E-state index contributed by atoms with van der Waals surface area (Å²) in [5, 5.41) is 9.91. The molecular weight excluding hydrogens is 174 g/mol. The lowest BCUT2D eigenvalue weighted by Crippen LogP contribution is -2.55. The molecule has 0 amide bonds. The molecule has 5 heteroatoms. The van der Waals surface area contributed by atoms with Crippen molar-refractivity contribution in [2.45, 2.75) is 18.8 Å². The molecule has 3 N–H and O–H groups in total. The maximum Gasteiger partial charge on any atom is 0.150 e. The molecule has 0 bridgehead atoms. The molecule has 1 atom stereocenters. The zero-order valence-electron chi connectivity index (χ0n) is 8.45. The number of nitrogens with two attached hydrogens (primary N) is 1. The molecule has 0 aliphatic rings. The zero-order valence-corrected chi connectivity index (χ0v) is 8.45. The average molecular weight is 193 g/mol. The van der Waals surface area contributed by atoms with Crippen molar-refractivity contribution in [3.05, 3.63) is 0 Å². The molecule has 0 rings (SSSR count). The molecule has 80 valence electrons. The van der Waals surface area contributed by atoms with E-state index in [4.69, 9.17) is 19.9 Å². The lowest BCUT2D eigenvalue weighted by Gasteiger charge is -2.31. The third kappa shape index (κ3) is 4.02. The molecule has 0 heterocycles. The first-order valence-electron chi connectivity index (χ1n) is 4.18.